The molecule has 6 nitrogen and oxygen atoms in total. The number of ether oxygens (including phenoxy) is 2. The molecule has 0 aliphatic rings. The maximum absolute atomic E-state index is 13.1. The van der Waals surface area contributed by atoms with Crippen molar-refractivity contribution in [2.24, 2.45) is 0 Å². The van der Waals surface area contributed by atoms with Crippen molar-refractivity contribution >= 4 is 11.8 Å². The number of nitrogens with zero attached hydrogens (tertiary/aromatic N) is 1. The highest BCUT2D eigenvalue weighted by molar-refractivity contribution is 5.88. The first-order valence-corrected chi connectivity index (χ1v) is 10.3. The maximum Gasteiger partial charge on any atom is 0.261 e. The smallest absolute Gasteiger partial charge is 0.261 e. The van der Waals surface area contributed by atoms with Crippen molar-refractivity contribution in [1.82, 2.24) is 10.2 Å². The quantitative estimate of drug-likeness (QED) is 0.646. The number of nitrogens with one attached hydrogen (secondary N) is 1. The van der Waals surface area contributed by atoms with E-state index in [1.807, 2.05) is 76.2 Å². The highest BCUT2D eigenvalue weighted by Gasteiger charge is 2.29. The fourth-order valence-corrected chi connectivity index (χ4v) is 3.20. The largest absolute Gasteiger partial charge is 0.497 e. The van der Waals surface area contributed by atoms with Crippen LogP contribution in [0.3, 0.4) is 0 Å². The molecule has 0 spiro atoms. The van der Waals surface area contributed by atoms with E-state index < -0.39 is 6.04 Å². The van der Waals surface area contributed by atoms with Crippen molar-refractivity contribution in [3.63, 3.8) is 0 Å². The lowest BCUT2D eigenvalue weighted by molar-refractivity contribution is -0.143. The fourth-order valence-electron chi connectivity index (χ4n) is 3.20. The van der Waals surface area contributed by atoms with Gasteiger partial charge in [-0.3, -0.25) is 9.59 Å². The molecule has 1 atom stereocenters. The van der Waals surface area contributed by atoms with Crippen LogP contribution in [0.15, 0.2) is 48.5 Å². The second kappa shape index (κ2) is 11.2. The number of hydrogen-bond donors (Lipinski definition) is 1. The van der Waals surface area contributed by atoms with Crippen LogP contribution < -0.4 is 14.8 Å². The van der Waals surface area contributed by atoms with Gasteiger partial charge in [-0.15, -0.1) is 0 Å². The van der Waals surface area contributed by atoms with E-state index in [0.717, 1.165) is 11.1 Å². The number of rotatable bonds is 10. The first-order valence-electron chi connectivity index (χ1n) is 10.3. The van der Waals surface area contributed by atoms with Crippen LogP contribution in [0, 0.1) is 6.92 Å². The van der Waals surface area contributed by atoms with Crippen LogP contribution in [0.4, 0.5) is 0 Å². The zero-order valence-electron chi connectivity index (χ0n) is 18.5. The number of carbonyl (C=O) groups excluding carboxylic acids is 2. The van der Waals surface area contributed by atoms with E-state index in [9.17, 15) is 9.59 Å². The predicted octanol–water partition coefficient (Wildman–Crippen LogP) is 3.71. The third kappa shape index (κ3) is 6.79. The second-order valence-corrected chi connectivity index (χ2v) is 7.57. The number of carbonyl (C=O) groups is 2. The molecule has 2 rings (SSSR count). The molecule has 6 heteroatoms. The molecule has 0 aliphatic heterocycles. The van der Waals surface area contributed by atoms with Gasteiger partial charge in [0.1, 0.15) is 17.5 Å². The zero-order chi connectivity index (χ0) is 22.1. The van der Waals surface area contributed by atoms with E-state index in [1.54, 1.807) is 12.0 Å². The van der Waals surface area contributed by atoms with Crippen molar-refractivity contribution in [2.75, 3.05) is 13.7 Å². The first kappa shape index (κ1) is 23.3. The van der Waals surface area contributed by atoms with E-state index in [0.29, 0.717) is 17.9 Å². The Morgan fingerprint density at radius 2 is 1.77 bits per heavy atom. The van der Waals surface area contributed by atoms with Crippen molar-refractivity contribution in [3.05, 3.63) is 59.7 Å². The minimum absolute atomic E-state index is 0.0103. The lowest BCUT2D eigenvalue weighted by Crippen LogP contribution is -2.51. The lowest BCUT2D eigenvalue weighted by atomic mass is 10.1. The summed E-state index contributed by atoms with van der Waals surface area (Å²) in [6.45, 7) is 7.82. The Morgan fingerprint density at radius 1 is 1.07 bits per heavy atom. The number of hydrogen-bond acceptors (Lipinski definition) is 4. The average molecular weight is 413 g/mol. The summed E-state index contributed by atoms with van der Waals surface area (Å²) in [4.78, 5) is 27.5. The Morgan fingerprint density at radius 3 is 2.40 bits per heavy atom. The number of amides is 2. The molecule has 0 saturated heterocycles. The Bertz CT molecular complexity index is 851. The molecule has 2 aromatic rings. The molecular formula is C24H32N2O4. The highest BCUT2D eigenvalue weighted by Crippen LogP contribution is 2.18. The van der Waals surface area contributed by atoms with Gasteiger partial charge in [0.15, 0.2) is 6.61 Å². The van der Waals surface area contributed by atoms with Crippen molar-refractivity contribution in [1.29, 1.82) is 0 Å². The normalized spacial score (nSPS) is 11.7. The topological polar surface area (TPSA) is 67.9 Å². The minimum Gasteiger partial charge on any atom is -0.497 e. The van der Waals surface area contributed by atoms with Gasteiger partial charge in [0.05, 0.1) is 7.11 Å². The van der Waals surface area contributed by atoms with Gasteiger partial charge in [-0.05, 0) is 62.6 Å². The van der Waals surface area contributed by atoms with Gasteiger partial charge < -0.3 is 19.7 Å². The van der Waals surface area contributed by atoms with Crippen molar-refractivity contribution in [3.8, 4) is 11.5 Å². The van der Waals surface area contributed by atoms with Crippen LogP contribution in [0.2, 0.25) is 0 Å². The van der Waals surface area contributed by atoms with E-state index in [4.69, 9.17) is 9.47 Å². The SMILES string of the molecule is CC[C@H](C(=O)NC(C)C)N(Cc1cccc(OC)c1)C(=O)COc1cccc(C)c1. The van der Waals surface area contributed by atoms with Crippen LogP contribution in [-0.4, -0.2) is 42.5 Å². The van der Waals surface area contributed by atoms with Gasteiger partial charge in [0.2, 0.25) is 5.91 Å². The molecule has 0 aliphatic carbocycles. The standard InChI is InChI=1S/C24H32N2O4/c1-6-22(24(28)25-17(2)3)26(15-19-10-8-11-20(14-19)29-5)23(27)16-30-21-12-7-9-18(4)13-21/h7-14,17,22H,6,15-16H2,1-5H3,(H,25,28)/t22-/m1/s1. The van der Waals surface area contributed by atoms with Crippen LogP contribution in [-0.2, 0) is 16.1 Å². The molecule has 0 bridgehead atoms. The fraction of sp³-hybridized carbons (Fsp3) is 0.417. The molecule has 30 heavy (non-hydrogen) atoms. The van der Waals surface area contributed by atoms with Crippen LogP contribution in [0.5, 0.6) is 11.5 Å². The molecule has 0 radical (unpaired) electrons. The molecule has 162 valence electrons. The summed E-state index contributed by atoms with van der Waals surface area (Å²) in [5.74, 6) is 0.921. The summed E-state index contributed by atoms with van der Waals surface area (Å²) >= 11 is 0. The van der Waals surface area contributed by atoms with Crippen molar-refractivity contribution in [2.45, 2.75) is 52.7 Å². The van der Waals surface area contributed by atoms with E-state index in [2.05, 4.69) is 5.32 Å². The molecule has 0 fully saturated rings. The molecule has 0 aromatic heterocycles. The predicted molar refractivity (Wildman–Crippen MR) is 118 cm³/mol. The van der Waals surface area contributed by atoms with Crippen molar-refractivity contribution < 1.29 is 19.1 Å². The van der Waals surface area contributed by atoms with Gasteiger partial charge in [-0.2, -0.15) is 0 Å². The summed E-state index contributed by atoms with van der Waals surface area (Å²) in [5.41, 5.74) is 1.94. The van der Waals surface area contributed by atoms with Gasteiger partial charge in [0, 0.05) is 12.6 Å². The van der Waals surface area contributed by atoms with E-state index in [1.165, 1.54) is 0 Å². The third-order valence-electron chi connectivity index (χ3n) is 4.66. The number of aryl methyl sites for hydroxylation is 1. The van der Waals surface area contributed by atoms with Gasteiger partial charge in [-0.1, -0.05) is 31.2 Å². The monoisotopic (exact) mass is 412 g/mol. The molecule has 0 unspecified atom stereocenters. The Balaban J connectivity index is 2.23. The maximum atomic E-state index is 13.1. The van der Waals surface area contributed by atoms with Crippen LogP contribution >= 0.6 is 0 Å². The Hall–Kier alpha value is -3.02. The summed E-state index contributed by atoms with van der Waals surface area (Å²) < 4.78 is 11.0. The molecular weight excluding hydrogens is 380 g/mol. The van der Waals surface area contributed by atoms with Gasteiger partial charge >= 0.3 is 0 Å². The molecule has 0 saturated carbocycles. The molecule has 2 aromatic carbocycles. The Labute approximate surface area is 179 Å². The van der Waals surface area contributed by atoms with Crippen LogP contribution in [0.1, 0.15) is 38.3 Å². The van der Waals surface area contributed by atoms with Gasteiger partial charge in [0.25, 0.3) is 5.91 Å². The summed E-state index contributed by atoms with van der Waals surface area (Å²) in [5, 5.41) is 2.92. The first-order chi connectivity index (χ1) is 14.3. The minimum atomic E-state index is -0.591. The zero-order valence-corrected chi connectivity index (χ0v) is 18.5. The van der Waals surface area contributed by atoms with Gasteiger partial charge in [-0.25, -0.2) is 0 Å². The summed E-state index contributed by atoms with van der Waals surface area (Å²) in [7, 11) is 1.60. The van der Waals surface area contributed by atoms with Crippen LogP contribution in [0.25, 0.3) is 0 Å². The van der Waals surface area contributed by atoms with E-state index in [-0.39, 0.29) is 31.0 Å². The lowest BCUT2D eigenvalue weighted by Gasteiger charge is -2.31. The highest BCUT2D eigenvalue weighted by atomic mass is 16.5. The number of benzene rings is 2. The molecule has 2 amide bonds. The Kier molecular flexibility index (Phi) is 8.71. The molecule has 0 heterocycles. The number of methoxy groups -OCH3 is 1. The average Bonchev–Trinajstić information content (AvgIpc) is 2.71. The van der Waals surface area contributed by atoms with E-state index >= 15 is 0 Å². The molecule has 1 N–H and O–H groups in total. The third-order valence-corrected chi connectivity index (χ3v) is 4.66. The second-order valence-electron chi connectivity index (χ2n) is 7.57. The summed E-state index contributed by atoms with van der Waals surface area (Å²) in [6.07, 6.45) is 0.499. The summed E-state index contributed by atoms with van der Waals surface area (Å²) in [6, 6.07) is 14.4.